The summed E-state index contributed by atoms with van der Waals surface area (Å²) in [6.07, 6.45) is 23.2. The summed E-state index contributed by atoms with van der Waals surface area (Å²) in [6, 6.07) is 10.4. The molecular formula is C41H74NO6P. The van der Waals surface area contributed by atoms with E-state index < -0.39 is 14.6 Å². The number of unbranched alkanes of at least 4 members (excludes halogenated alkanes) is 17. The molecule has 0 spiro atoms. The van der Waals surface area contributed by atoms with Crippen molar-refractivity contribution in [3.05, 3.63) is 35.9 Å². The molecule has 1 unspecified atom stereocenters. The molecule has 0 radical (unpaired) electrons. The van der Waals surface area contributed by atoms with Crippen LogP contribution in [0.4, 0.5) is 0 Å². The molecule has 0 aliphatic carbocycles. The Morgan fingerprint density at radius 2 is 1.04 bits per heavy atom. The molecule has 49 heavy (non-hydrogen) atoms. The van der Waals surface area contributed by atoms with Gasteiger partial charge in [0.05, 0.1) is 13.2 Å². The lowest BCUT2D eigenvalue weighted by Gasteiger charge is -2.36. The van der Waals surface area contributed by atoms with Crippen molar-refractivity contribution in [2.24, 2.45) is 0 Å². The highest BCUT2D eigenvalue weighted by Gasteiger charge is 2.29. The third-order valence-electron chi connectivity index (χ3n) is 8.75. The topological polar surface area (TPSA) is 74.3 Å². The molecule has 0 aliphatic rings. The fraction of sp³-hybridized carbons (Fsp3) is 0.805. The largest absolute Gasteiger partial charge is 0.462 e. The summed E-state index contributed by atoms with van der Waals surface area (Å²) in [5, 5.41) is 0. The van der Waals surface area contributed by atoms with Gasteiger partial charge in [-0.1, -0.05) is 153 Å². The zero-order valence-corrected chi connectivity index (χ0v) is 33.3. The molecule has 1 aromatic rings. The van der Waals surface area contributed by atoms with E-state index >= 15 is 0 Å². The molecule has 8 heteroatoms. The van der Waals surface area contributed by atoms with Crippen LogP contribution in [0.2, 0.25) is 0 Å². The minimum absolute atomic E-state index is 0.00969. The third-order valence-corrected chi connectivity index (χ3v) is 10.8. The normalized spacial score (nSPS) is 12.9. The van der Waals surface area contributed by atoms with Gasteiger partial charge in [-0.2, -0.15) is 0 Å². The van der Waals surface area contributed by atoms with Crippen LogP contribution in [0.15, 0.2) is 30.3 Å². The number of benzene rings is 1. The van der Waals surface area contributed by atoms with E-state index in [0.717, 1.165) is 50.5 Å². The molecular weight excluding hydrogens is 633 g/mol. The summed E-state index contributed by atoms with van der Waals surface area (Å²) in [6.45, 7) is 13.5. The predicted molar refractivity (Wildman–Crippen MR) is 205 cm³/mol. The molecule has 0 fully saturated rings. The Bertz CT molecular complexity index is 907. The first-order chi connectivity index (χ1) is 23.8. The molecule has 0 aliphatic heterocycles. The first kappa shape index (κ1) is 45.5. The van der Waals surface area contributed by atoms with Crippen LogP contribution in [0.25, 0.3) is 0 Å². The zero-order valence-electron chi connectivity index (χ0n) is 32.4. The molecule has 0 N–H and O–H groups in total. The molecule has 2 atom stereocenters. The molecule has 7 nitrogen and oxygen atoms in total. The van der Waals surface area contributed by atoms with Crippen LogP contribution in [-0.4, -0.2) is 48.0 Å². The molecule has 1 rings (SSSR count). The van der Waals surface area contributed by atoms with Crippen molar-refractivity contribution in [2.45, 2.75) is 201 Å². The lowest BCUT2D eigenvalue weighted by molar-refractivity contribution is -0.161. The third kappa shape index (κ3) is 25.1. The summed E-state index contributed by atoms with van der Waals surface area (Å²) in [7, 11) is -1.45. The number of carbonyl (C=O) groups excluding carboxylic acids is 2. The van der Waals surface area contributed by atoms with Gasteiger partial charge < -0.3 is 18.5 Å². The van der Waals surface area contributed by atoms with Crippen LogP contribution in [0.5, 0.6) is 0 Å². The molecule has 0 amide bonds. The van der Waals surface area contributed by atoms with E-state index in [0.29, 0.717) is 19.4 Å². The number of nitrogens with zero attached hydrogens (tertiary/aromatic N) is 1. The lowest BCUT2D eigenvalue weighted by atomic mass is 10.0. The maximum Gasteiger partial charge on any atom is 0.306 e. The highest BCUT2D eigenvalue weighted by Crippen LogP contribution is 2.46. The van der Waals surface area contributed by atoms with Gasteiger partial charge in [-0.25, -0.2) is 4.67 Å². The first-order valence-corrected chi connectivity index (χ1v) is 21.1. The fourth-order valence-corrected chi connectivity index (χ4v) is 7.60. The Morgan fingerprint density at radius 1 is 0.592 bits per heavy atom. The second kappa shape index (κ2) is 31.2. The van der Waals surface area contributed by atoms with Crippen molar-refractivity contribution >= 4 is 20.5 Å². The van der Waals surface area contributed by atoms with Gasteiger partial charge in [0, 0.05) is 24.9 Å². The Morgan fingerprint density at radius 3 is 1.51 bits per heavy atom. The quantitative estimate of drug-likeness (QED) is 0.0409. The monoisotopic (exact) mass is 708 g/mol. The van der Waals surface area contributed by atoms with Crippen LogP contribution in [0.1, 0.15) is 182 Å². The smallest absolute Gasteiger partial charge is 0.306 e. The van der Waals surface area contributed by atoms with E-state index in [1.807, 2.05) is 30.3 Å². The summed E-state index contributed by atoms with van der Waals surface area (Å²) in [5.41, 5.74) is 1.06. The number of esters is 2. The lowest BCUT2D eigenvalue weighted by Crippen LogP contribution is -2.35. The van der Waals surface area contributed by atoms with Gasteiger partial charge in [-0.3, -0.25) is 9.59 Å². The molecule has 0 saturated carbocycles. The highest BCUT2D eigenvalue weighted by atomic mass is 31.2. The minimum atomic E-state index is -1.45. The van der Waals surface area contributed by atoms with Gasteiger partial charge in [0.1, 0.15) is 6.61 Å². The van der Waals surface area contributed by atoms with E-state index in [4.69, 9.17) is 18.5 Å². The average Bonchev–Trinajstić information content (AvgIpc) is 3.08. The second-order valence-corrected chi connectivity index (χ2v) is 15.6. The van der Waals surface area contributed by atoms with Crippen molar-refractivity contribution < 1.29 is 28.1 Å². The van der Waals surface area contributed by atoms with E-state index in [-0.39, 0.29) is 37.2 Å². The molecule has 0 aromatic heterocycles. The molecule has 0 saturated heterocycles. The average molecular weight is 708 g/mol. The van der Waals surface area contributed by atoms with Gasteiger partial charge >= 0.3 is 11.9 Å². The van der Waals surface area contributed by atoms with Crippen LogP contribution in [0.3, 0.4) is 0 Å². The van der Waals surface area contributed by atoms with E-state index in [9.17, 15) is 9.59 Å². The van der Waals surface area contributed by atoms with Crippen molar-refractivity contribution in [3.63, 3.8) is 0 Å². The standard InChI is InChI=1S/C41H74NO6P/c1-7-9-11-13-14-15-16-17-18-19-20-21-23-27-31-40(43)45-34-39(48-41(44)32-28-22-12-10-8-2)35-47-49(42(36(3)4)37(5)6)46-33-38-29-25-24-26-30-38/h24-26,29-30,36-37,39H,7-23,27-28,31-35H2,1-6H3/t39-,49?/m1/s1. The van der Waals surface area contributed by atoms with Crippen molar-refractivity contribution in [1.29, 1.82) is 0 Å². The summed E-state index contributed by atoms with van der Waals surface area (Å²) >= 11 is 0. The maximum atomic E-state index is 12.8. The van der Waals surface area contributed by atoms with E-state index in [1.165, 1.54) is 77.0 Å². The van der Waals surface area contributed by atoms with E-state index in [2.05, 4.69) is 46.2 Å². The number of hydrogen-bond donors (Lipinski definition) is 0. The predicted octanol–water partition coefficient (Wildman–Crippen LogP) is 12.3. The molecule has 0 bridgehead atoms. The number of ether oxygens (including phenoxy) is 2. The van der Waals surface area contributed by atoms with Crippen LogP contribution >= 0.6 is 8.53 Å². The number of hydrogen-bond acceptors (Lipinski definition) is 7. The summed E-state index contributed by atoms with van der Waals surface area (Å²) in [4.78, 5) is 25.5. The van der Waals surface area contributed by atoms with Crippen LogP contribution in [0, 0.1) is 0 Å². The van der Waals surface area contributed by atoms with Gasteiger partial charge in [0.25, 0.3) is 8.53 Å². The van der Waals surface area contributed by atoms with Crippen LogP contribution < -0.4 is 0 Å². The Kier molecular flexibility index (Phi) is 29.0. The van der Waals surface area contributed by atoms with Gasteiger partial charge in [0.15, 0.2) is 6.10 Å². The minimum Gasteiger partial charge on any atom is -0.462 e. The van der Waals surface area contributed by atoms with Crippen molar-refractivity contribution in [2.75, 3.05) is 13.2 Å². The Hall–Kier alpha value is -1.53. The first-order valence-electron chi connectivity index (χ1n) is 20.0. The molecule has 284 valence electrons. The fourth-order valence-electron chi connectivity index (χ4n) is 5.95. The highest BCUT2D eigenvalue weighted by molar-refractivity contribution is 7.44. The van der Waals surface area contributed by atoms with Gasteiger partial charge in [0.2, 0.25) is 0 Å². The summed E-state index contributed by atoms with van der Waals surface area (Å²) < 4.78 is 26.4. The Balaban J connectivity index is 2.55. The SMILES string of the molecule is CCCCCCCCCCCCCCCCC(=O)OC[C@H](COP(OCc1ccccc1)N(C(C)C)C(C)C)OC(=O)CCCCCCC. The maximum absolute atomic E-state index is 12.8. The number of carbonyl (C=O) groups is 2. The van der Waals surface area contributed by atoms with Gasteiger partial charge in [-0.15, -0.1) is 0 Å². The Labute approximate surface area is 302 Å². The van der Waals surface area contributed by atoms with E-state index in [1.54, 1.807) is 0 Å². The summed E-state index contributed by atoms with van der Waals surface area (Å²) in [5.74, 6) is -0.514. The second-order valence-electron chi connectivity index (χ2n) is 14.2. The van der Waals surface area contributed by atoms with Crippen molar-refractivity contribution in [1.82, 2.24) is 4.67 Å². The molecule has 0 heterocycles. The zero-order chi connectivity index (χ0) is 36.0. The van der Waals surface area contributed by atoms with Crippen molar-refractivity contribution in [3.8, 4) is 0 Å². The number of rotatable bonds is 33. The molecule has 1 aromatic carbocycles. The van der Waals surface area contributed by atoms with Gasteiger partial charge in [-0.05, 0) is 46.1 Å². The van der Waals surface area contributed by atoms with Crippen LogP contribution in [-0.2, 0) is 34.7 Å².